The van der Waals surface area contributed by atoms with Gasteiger partial charge in [-0.3, -0.25) is 0 Å². The molecule has 0 unspecified atom stereocenters. The summed E-state index contributed by atoms with van der Waals surface area (Å²) in [5, 5.41) is 5.08. The van der Waals surface area contributed by atoms with Crippen molar-refractivity contribution in [1.82, 2.24) is 9.13 Å². The lowest BCUT2D eigenvalue weighted by Gasteiger charge is -2.22. The van der Waals surface area contributed by atoms with Crippen molar-refractivity contribution in [2.75, 3.05) is 0 Å². The van der Waals surface area contributed by atoms with Crippen molar-refractivity contribution in [3.8, 4) is 55.9 Å². The van der Waals surface area contributed by atoms with Crippen molar-refractivity contribution in [3.05, 3.63) is 252 Å². The monoisotopic (exact) mass is 868 g/mol. The minimum atomic E-state index is -0.143. The van der Waals surface area contributed by atoms with Crippen molar-refractivity contribution in [2.45, 2.75) is 26.2 Å². The van der Waals surface area contributed by atoms with E-state index < -0.39 is 0 Å². The summed E-state index contributed by atoms with van der Waals surface area (Å²) in [6.07, 6.45) is 4.42. The van der Waals surface area contributed by atoms with E-state index in [1.807, 2.05) is 0 Å². The Hall–Kier alpha value is -8.46. The van der Waals surface area contributed by atoms with Gasteiger partial charge in [0.05, 0.1) is 22.1 Å². The molecule has 12 aromatic rings. The van der Waals surface area contributed by atoms with Crippen LogP contribution in [0.25, 0.3) is 112 Å². The molecule has 68 heavy (non-hydrogen) atoms. The first kappa shape index (κ1) is 39.9. The lowest BCUT2D eigenvalue weighted by atomic mass is 9.81. The summed E-state index contributed by atoms with van der Waals surface area (Å²) in [5.74, 6) is 0. The average Bonchev–Trinajstić information content (AvgIpc) is 3.98. The van der Waals surface area contributed by atoms with E-state index in [1.165, 1.54) is 127 Å². The third-order valence-corrected chi connectivity index (χ3v) is 14.6. The molecular formula is C66H48N2. The van der Waals surface area contributed by atoms with Crippen LogP contribution in [-0.4, -0.2) is 9.13 Å². The minimum Gasteiger partial charge on any atom is -0.309 e. The van der Waals surface area contributed by atoms with Gasteiger partial charge >= 0.3 is 0 Å². The van der Waals surface area contributed by atoms with Gasteiger partial charge in [0, 0.05) is 38.3 Å². The number of nitrogens with zero attached hydrogens (tertiary/aromatic N) is 2. The van der Waals surface area contributed by atoms with Gasteiger partial charge in [0.25, 0.3) is 0 Å². The van der Waals surface area contributed by atoms with E-state index in [4.69, 9.17) is 0 Å². The molecule has 2 aromatic heterocycles. The molecule has 1 aliphatic carbocycles. The van der Waals surface area contributed by atoms with Crippen LogP contribution in [0.1, 0.15) is 41.7 Å². The van der Waals surface area contributed by atoms with E-state index in [0.717, 1.165) is 0 Å². The average molecular weight is 869 g/mol. The summed E-state index contributed by atoms with van der Waals surface area (Å²) in [4.78, 5) is 0. The van der Waals surface area contributed by atoms with E-state index in [2.05, 4.69) is 267 Å². The Balaban J connectivity index is 0.738. The predicted molar refractivity (Wildman–Crippen MR) is 289 cm³/mol. The van der Waals surface area contributed by atoms with Crippen molar-refractivity contribution < 1.29 is 0 Å². The highest BCUT2D eigenvalue weighted by atomic mass is 15.0. The Morgan fingerprint density at radius 3 is 1.22 bits per heavy atom. The SMILES string of the molecule is Cc1ccc(-n2c3ccccc3c3cc(-c4ccc5c(c4)C(C)(C)c4cc(-c6ccc(/C=C/c7ccc(-c8ccc9c(c8)c8ccccc8n9-c8ccccc8)cc7)cc6)ccc4-5)ccc32)cc1. The quantitative estimate of drug-likeness (QED) is 0.141. The lowest BCUT2D eigenvalue weighted by molar-refractivity contribution is 0.661. The first-order valence-electron chi connectivity index (χ1n) is 23.7. The summed E-state index contributed by atoms with van der Waals surface area (Å²) in [6.45, 7) is 6.91. The highest BCUT2D eigenvalue weighted by Crippen LogP contribution is 2.51. The van der Waals surface area contributed by atoms with Crippen LogP contribution in [0.3, 0.4) is 0 Å². The standard InChI is InChI=1S/C66H48N2/c1-43-17-33-53(34-18-43)68-63-16-10-8-14-57(63)59-40-49(32-38-65(59)68)51-30-36-55-54-35-29-50(41-60(54)66(2,3)61(55)42-51)47-27-23-45(24-28-47)20-19-44-21-25-46(26-22-44)48-31-37-64-58(39-48)56-13-7-9-15-62(56)67(64)52-11-5-4-6-12-52/h4-42H,1-3H3/b20-19+. The molecule has 2 heteroatoms. The Bertz CT molecular complexity index is 3950. The van der Waals surface area contributed by atoms with E-state index in [1.54, 1.807) is 0 Å². The van der Waals surface area contributed by atoms with Crippen molar-refractivity contribution in [3.63, 3.8) is 0 Å². The van der Waals surface area contributed by atoms with Gasteiger partial charge in [0.1, 0.15) is 0 Å². The van der Waals surface area contributed by atoms with Crippen molar-refractivity contribution in [1.29, 1.82) is 0 Å². The minimum absolute atomic E-state index is 0.143. The molecule has 0 atom stereocenters. The molecular weight excluding hydrogens is 821 g/mol. The molecule has 2 heterocycles. The van der Waals surface area contributed by atoms with Gasteiger partial charge < -0.3 is 9.13 Å². The number of fused-ring (bicyclic) bond motifs is 9. The summed E-state index contributed by atoms with van der Waals surface area (Å²) in [5.41, 5.74) is 23.6. The Labute approximate surface area is 397 Å². The summed E-state index contributed by atoms with van der Waals surface area (Å²) >= 11 is 0. The Kier molecular flexibility index (Phi) is 9.13. The zero-order valence-corrected chi connectivity index (χ0v) is 38.4. The maximum Gasteiger partial charge on any atom is 0.0541 e. The summed E-state index contributed by atoms with van der Waals surface area (Å²) in [7, 11) is 0. The van der Waals surface area contributed by atoms with Crippen LogP contribution >= 0.6 is 0 Å². The number of aryl methyl sites for hydroxylation is 1. The molecule has 0 saturated heterocycles. The van der Waals surface area contributed by atoms with E-state index in [-0.39, 0.29) is 5.41 Å². The Morgan fingerprint density at radius 1 is 0.324 bits per heavy atom. The first-order valence-corrected chi connectivity index (χ1v) is 23.7. The number of hydrogen-bond donors (Lipinski definition) is 0. The summed E-state index contributed by atoms with van der Waals surface area (Å²) in [6, 6.07) is 82.9. The molecule has 10 aromatic carbocycles. The second-order valence-corrected chi connectivity index (χ2v) is 19.1. The maximum atomic E-state index is 2.44. The molecule has 0 fully saturated rings. The molecule has 0 bridgehead atoms. The molecule has 1 aliphatic rings. The first-order chi connectivity index (χ1) is 33.4. The van der Waals surface area contributed by atoms with Crippen LogP contribution < -0.4 is 0 Å². The van der Waals surface area contributed by atoms with Crippen LogP contribution in [0.4, 0.5) is 0 Å². The highest BCUT2D eigenvalue weighted by Gasteiger charge is 2.36. The van der Waals surface area contributed by atoms with Crippen LogP contribution in [0.5, 0.6) is 0 Å². The largest absolute Gasteiger partial charge is 0.309 e. The topological polar surface area (TPSA) is 9.86 Å². The van der Waals surface area contributed by atoms with Gasteiger partial charge in [-0.2, -0.15) is 0 Å². The zero-order chi connectivity index (χ0) is 45.5. The van der Waals surface area contributed by atoms with Crippen molar-refractivity contribution in [2.24, 2.45) is 0 Å². The molecule has 2 nitrogen and oxygen atoms in total. The molecule has 0 spiro atoms. The van der Waals surface area contributed by atoms with E-state index in [0.29, 0.717) is 0 Å². The smallest absolute Gasteiger partial charge is 0.0541 e. The highest BCUT2D eigenvalue weighted by molar-refractivity contribution is 6.11. The lowest BCUT2D eigenvalue weighted by Crippen LogP contribution is -2.15. The molecule has 0 saturated carbocycles. The van der Waals surface area contributed by atoms with E-state index >= 15 is 0 Å². The van der Waals surface area contributed by atoms with E-state index in [9.17, 15) is 0 Å². The number of rotatable bonds is 7. The fraction of sp³-hybridized carbons (Fsp3) is 0.0606. The molecule has 0 N–H and O–H groups in total. The molecule has 322 valence electrons. The predicted octanol–water partition coefficient (Wildman–Crippen LogP) is 17.7. The third-order valence-electron chi connectivity index (χ3n) is 14.6. The normalized spacial score (nSPS) is 13.0. The van der Waals surface area contributed by atoms with Gasteiger partial charge in [0.2, 0.25) is 0 Å². The van der Waals surface area contributed by atoms with Crippen LogP contribution in [-0.2, 0) is 5.41 Å². The van der Waals surface area contributed by atoms with Gasteiger partial charge in [-0.25, -0.2) is 0 Å². The van der Waals surface area contributed by atoms with Gasteiger partial charge in [0.15, 0.2) is 0 Å². The number of aromatic nitrogens is 2. The fourth-order valence-electron chi connectivity index (χ4n) is 11.0. The van der Waals surface area contributed by atoms with Gasteiger partial charge in [-0.15, -0.1) is 0 Å². The Morgan fingerprint density at radius 2 is 0.706 bits per heavy atom. The second-order valence-electron chi connectivity index (χ2n) is 19.1. The maximum absolute atomic E-state index is 2.44. The molecule has 13 rings (SSSR count). The molecule has 0 radical (unpaired) electrons. The number of hydrogen-bond acceptors (Lipinski definition) is 0. The van der Waals surface area contributed by atoms with Gasteiger partial charge in [-0.1, -0.05) is 183 Å². The van der Waals surface area contributed by atoms with Crippen molar-refractivity contribution >= 4 is 55.8 Å². The fourth-order valence-corrected chi connectivity index (χ4v) is 11.0. The third kappa shape index (κ3) is 6.48. The van der Waals surface area contributed by atoms with Crippen LogP contribution in [0.2, 0.25) is 0 Å². The summed E-state index contributed by atoms with van der Waals surface area (Å²) < 4.78 is 4.76. The van der Waals surface area contributed by atoms with Crippen LogP contribution in [0, 0.1) is 6.92 Å². The number of benzene rings is 10. The zero-order valence-electron chi connectivity index (χ0n) is 38.4. The molecule has 0 aliphatic heterocycles. The van der Waals surface area contributed by atoms with Crippen LogP contribution in [0.15, 0.2) is 224 Å². The molecule has 0 amide bonds. The number of para-hydroxylation sites is 3. The second kappa shape index (κ2) is 15.6. The van der Waals surface area contributed by atoms with Gasteiger partial charge in [-0.05, 0) is 146 Å².